The Balaban J connectivity index is 1.88. The van der Waals surface area contributed by atoms with Gasteiger partial charge in [-0.2, -0.15) is 13.2 Å². The van der Waals surface area contributed by atoms with Crippen LogP contribution in [0, 0.1) is 18.8 Å². The number of fused-ring (bicyclic) bond motifs is 1. The van der Waals surface area contributed by atoms with Crippen molar-refractivity contribution in [1.82, 2.24) is 9.88 Å². The van der Waals surface area contributed by atoms with Gasteiger partial charge in [0, 0.05) is 29.7 Å². The largest absolute Gasteiger partial charge is 0.481 e. The topological polar surface area (TPSA) is 70.5 Å². The number of carboxylic acids is 1. The van der Waals surface area contributed by atoms with E-state index >= 15 is 0 Å². The quantitative estimate of drug-likeness (QED) is 0.902. The highest BCUT2D eigenvalue weighted by molar-refractivity contribution is 5.98. The summed E-state index contributed by atoms with van der Waals surface area (Å²) in [4.78, 5) is 28.9. The Hall–Kier alpha value is -2.64. The summed E-state index contributed by atoms with van der Waals surface area (Å²) in [5, 5.41) is 9.73. The standard InChI is InChI=1S/C17H15F3N2O3/c1-9-2-3-10-6-11(4-5-14(10)21-9)15(23)22-7-12(16(24)25)13(8-22)17(18,19)20/h2-6,12-13H,7-8H2,1H3,(H,24,25)/t12-,13-/m1/s1. The Kier molecular flexibility index (Phi) is 4.14. The van der Waals surface area contributed by atoms with Crippen LogP contribution < -0.4 is 0 Å². The zero-order chi connectivity index (χ0) is 18.4. The van der Waals surface area contributed by atoms with Gasteiger partial charge in [-0.3, -0.25) is 14.6 Å². The molecule has 1 amide bonds. The molecule has 0 spiro atoms. The number of aliphatic carboxylic acids is 1. The number of carboxylic acid groups (broad SMARTS) is 1. The van der Waals surface area contributed by atoms with Crippen molar-refractivity contribution in [2.45, 2.75) is 13.1 Å². The zero-order valence-electron chi connectivity index (χ0n) is 13.2. The maximum Gasteiger partial charge on any atom is 0.394 e. The van der Waals surface area contributed by atoms with Crippen LogP contribution in [0.3, 0.4) is 0 Å². The molecule has 5 nitrogen and oxygen atoms in total. The van der Waals surface area contributed by atoms with Crippen molar-refractivity contribution in [3.05, 3.63) is 41.6 Å². The number of pyridine rings is 1. The van der Waals surface area contributed by atoms with Crippen molar-refractivity contribution in [2.24, 2.45) is 11.8 Å². The molecule has 1 aromatic heterocycles. The summed E-state index contributed by atoms with van der Waals surface area (Å²) in [5.41, 5.74) is 1.70. The van der Waals surface area contributed by atoms with Crippen LogP contribution in [-0.4, -0.2) is 46.1 Å². The first kappa shape index (κ1) is 17.2. The summed E-state index contributed by atoms with van der Waals surface area (Å²) in [6.07, 6.45) is -4.66. The summed E-state index contributed by atoms with van der Waals surface area (Å²) < 4.78 is 39.1. The third-order valence-corrected chi connectivity index (χ3v) is 4.42. The summed E-state index contributed by atoms with van der Waals surface area (Å²) in [5.74, 6) is -5.86. The van der Waals surface area contributed by atoms with Gasteiger partial charge in [0.05, 0.1) is 17.4 Å². The number of aryl methyl sites for hydroxylation is 1. The maximum absolute atomic E-state index is 13.0. The van der Waals surface area contributed by atoms with Crippen molar-refractivity contribution in [1.29, 1.82) is 0 Å². The molecule has 1 aromatic carbocycles. The van der Waals surface area contributed by atoms with Gasteiger partial charge in [-0.05, 0) is 31.2 Å². The van der Waals surface area contributed by atoms with Gasteiger partial charge in [-0.1, -0.05) is 6.07 Å². The van der Waals surface area contributed by atoms with E-state index in [-0.39, 0.29) is 5.56 Å². The van der Waals surface area contributed by atoms with E-state index in [0.29, 0.717) is 10.9 Å². The molecule has 25 heavy (non-hydrogen) atoms. The molecule has 3 rings (SSSR count). The van der Waals surface area contributed by atoms with Crippen LogP contribution in [0.25, 0.3) is 10.9 Å². The smallest absolute Gasteiger partial charge is 0.394 e. The monoisotopic (exact) mass is 352 g/mol. The van der Waals surface area contributed by atoms with Gasteiger partial charge in [-0.25, -0.2) is 0 Å². The van der Waals surface area contributed by atoms with E-state index in [4.69, 9.17) is 5.11 Å². The first-order valence-electron chi connectivity index (χ1n) is 7.63. The van der Waals surface area contributed by atoms with Gasteiger partial charge >= 0.3 is 12.1 Å². The van der Waals surface area contributed by atoms with Gasteiger partial charge in [-0.15, -0.1) is 0 Å². The summed E-state index contributed by atoms with van der Waals surface area (Å²) in [6, 6.07) is 8.22. The summed E-state index contributed by atoms with van der Waals surface area (Å²) in [6.45, 7) is 0.720. The highest BCUT2D eigenvalue weighted by atomic mass is 19.4. The van der Waals surface area contributed by atoms with E-state index in [1.165, 1.54) is 6.07 Å². The Labute approximate surface area is 141 Å². The number of hydrogen-bond acceptors (Lipinski definition) is 3. The number of carbonyl (C=O) groups is 2. The van der Waals surface area contributed by atoms with E-state index in [1.54, 1.807) is 24.3 Å². The summed E-state index contributed by atoms with van der Waals surface area (Å²) in [7, 11) is 0. The molecule has 0 unspecified atom stereocenters. The molecular formula is C17H15F3N2O3. The number of halogens is 3. The van der Waals surface area contributed by atoms with Crippen molar-refractivity contribution in [2.75, 3.05) is 13.1 Å². The van der Waals surface area contributed by atoms with Crippen LogP contribution >= 0.6 is 0 Å². The predicted octanol–water partition coefficient (Wildman–Crippen LogP) is 2.88. The minimum atomic E-state index is -4.66. The van der Waals surface area contributed by atoms with Crippen LogP contribution in [0.2, 0.25) is 0 Å². The normalized spacial score (nSPS) is 20.9. The fourth-order valence-corrected chi connectivity index (χ4v) is 3.09. The molecule has 8 heteroatoms. The van der Waals surface area contributed by atoms with E-state index in [9.17, 15) is 22.8 Å². The van der Waals surface area contributed by atoms with Crippen LogP contribution in [-0.2, 0) is 4.79 Å². The summed E-state index contributed by atoms with van der Waals surface area (Å²) >= 11 is 0. The molecule has 1 aliphatic heterocycles. The highest BCUT2D eigenvalue weighted by Crippen LogP contribution is 2.38. The molecule has 1 fully saturated rings. The Morgan fingerprint density at radius 1 is 1.20 bits per heavy atom. The van der Waals surface area contributed by atoms with Crippen molar-refractivity contribution < 1.29 is 27.9 Å². The Bertz CT molecular complexity index is 851. The Morgan fingerprint density at radius 3 is 2.52 bits per heavy atom. The number of likely N-dealkylation sites (tertiary alicyclic amines) is 1. The molecule has 1 saturated heterocycles. The number of nitrogens with zero attached hydrogens (tertiary/aromatic N) is 2. The van der Waals surface area contributed by atoms with Crippen LogP contribution in [0.4, 0.5) is 13.2 Å². The molecule has 2 atom stereocenters. The SMILES string of the molecule is Cc1ccc2cc(C(=O)N3C[C@@H](C(F)(F)F)[C@H](C(=O)O)C3)ccc2n1. The second-order valence-corrected chi connectivity index (χ2v) is 6.16. The Morgan fingerprint density at radius 2 is 1.92 bits per heavy atom. The van der Waals surface area contributed by atoms with Gasteiger partial charge < -0.3 is 10.0 Å². The number of hydrogen-bond donors (Lipinski definition) is 1. The number of amides is 1. The number of aromatic nitrogens is 1. The van der Waals surface area contributed by atoms with Crippen LogP contribution in [0.15, 0.2) is 30.3 Å². The molecule has 1 N–H and O–H groups in total. The van der Waals surface area contributed by atoms with Gasteiger partial charge in [0.2, 0.25) is 0 Å². The maximum atomic E-state index is 13.0. The minimum absolute atomic E-state index is 0.213. The van der Waals surface area contributed by atoms with Crippen molar-refractivity contribution >= 4 is 22.8 Å². The zero-order valence-corrected chi connectivity index (χ0v) is 13.2. The average molecular weight is 352 g/mol. The number of benzene rings is 1. The van der Waals surface area contributed by atoms with Crippen LogP contribution in [0.5, 0.6) is 0 Å². The molecule has 0 saturated carbocycles. The number of alkyl halides is 3. The fraction of sp³-hybridized carbons (Fsp3) is 0.353. The first-order valence-corrected chi connectivity index (χ1v) is 7.63. The van der Waals surface area contributed by atoms with Gasteiger partial charge in [0.1, 0.15) is 0 Å². The second kappa shape index (κ2) is 6.02. The van der Waals surface area contributed by atoms with Gasteiger partial charge in [0.15, 0.2) is 0 Å². The number of rotatable bonds is 2. The van der Waals surface area contributed by atoms with E-state index in [1.807, 2.05) is 6.92 Å². The van der Waals surface area contributed by atoms with E-state index < -0.39 is 43.0 Å². The number of carbonyl (C=O) groups excluding carboxylic acids is 1. The third-order valence-electron chi connectivity index (χ3n) is 4.42. The third kappa shape index (κ3) is 3.29. The fourth-order valence-electron chi connectivity index (χ4n) is 3.09. The lowest BCUT2D eigenvalue weighted by Gasteiger charge is -2.18. The minimum Gasteiger partial charge on any atom is -0.481 e. The molecule has 2 heterocycles. The average Bonchev–Trinajstić information content (AvgIpc) is 2.99. The lowest BCUT2D eigenvalue weighted by Crippen LogP contribution is -2.34. The predicted molar refractivity (Wildman–Crippen MR) is 83.1 cm³/mol. The second-order valence-electron chi connectivity index (χ2n) is 6.16. The lowest BCUT2D eigenvalue weighted by atomic mass is 9.96. The molecule has 132 valence electrons. The van der Waals surface area contributed by atoms with Crippen molar-refractivity contribution in [3.63, 3.8) is 0 Å². The molecule has 0 radical (unpaired) electrons. The highest BCUT2D eigenvalue weighted by Gasteiger charge is 2.53. The molecule has 1 aliphatic rings. The van der Waals surface area contributed by atoms with Gasteiger partial charge in [0.25, 0.3) is 5.91 Å². The van der Waals surface area contributed by atoms with E-state index in [2.05, 4.69) is 4.98 Å². The van der Waals surface area contributed by atoms with Crippen LogP contribution in [0.1, 0.15) is 16.1 Å². The van der Waals surface area contributed by atoms with E-state index in [0.717, 1.165) is 10.6 Å². The molecule has 0 bridgehead atoms. The molecule has 0 aliphatic carbocycles. The van der Waals surface area contributed by atoms with Crippen molar-refractivity contribution in [3.8, 4) is 0 Å². The molecule has 2 aromatic rings. The molecular weight excluding hydrogens is 337 g/mol. The first-order chi connectivity index (χ1) is 11.7. The lowest BCUT2D eigenvalue weighted by molar-refractivity contribution is -0.187.